The van der Waals surface area contributed by atoms with Crippen LogP contribution in [0.15, 0.2) is 28.8 Å². The Morgan fingerprint density at radius 1 is 1.35 bits per heavy atom. The largest absolute Gasteiger partial charge is 0.488 e. The lowest BCUT2D eigenvalue weighted by Gasteiger charge is -2.15. The standard InChI is InChI=1S/C17H21FN2O3/c1-10(2)16-15(12(4)20-23-16)17(21)19-11(3)9-22-14-8-6-5-7-13(14)18/h5-8,10-11H,9H2,1-4H3,(H,19,21). The van der Waals surface area contributed by atoms with E-state index in [-0.39, 0.29) is 30.2 Å². The number of aromatic nitrogens is 1. The number of aryl methyl sites for hydroxylation is 1. The average molecular weight is 320 g/mol. The van der Waals surface area contributed by atoms with Crippen molar-refractivity contribution in [1.82, 2.24) is 10.5 Å². The van der Waals surface area contributed by atoms with Gasteiger partial charge >= 0.3 is 0 Å². The summed E-state index contributed by atoms with van der Waals surface area (Å²) in [5, 5.41) is 6.68. The van der Waals surface area contributed by atoms with E-state index in [1.807, 2.05) is 13.8 Å². The van der Waals surface area contributed by atoms with Gasteiger partial charge in [0.05, 0.1) is 11.7 Å². The number of hydrogen-bond acceptors (Lipinski definition) is 4. The molecule has 5 nitrogen and oxygen atoms in total. The van der Waals surface area contributed by atoms with Gasteiger partial charge in [-0.25, -0.2) is 4.39 Å². The maximum atomic E-state index is 13.5. The van der Waals surface area contributed by atoms with E-state index < -0.39 is 5.82 Å². The van der Waals surface area contributed by atoms with Gasteiger partial charge in [-0.3, -0.25) is 4.79 Å². The monoisotopic (exact) mass is 320 g/mol. The van der Waals surface area contributed by atoms with Gasteiger partial charge in [0, 0.05) is 5.92 Å². The Balaban J connectivity index is 1.98. The predicted molar refractivity (Wildman–Crippen MR) is 84.2 cm³/mol. The fraction of sp³-hybridized carbons (Fsp3) is 0.412. The molecule has 124 valence electrons. The number of amides is 1. The molecule has 2 aromatic rings. The van der Waals surface area contributed by atoms with E-state index in [4.69, 9.17) is 9.26 Å². The maximum absolute atomic E-state index is 13.5. The zero-order valence-corrected chi connectivity index (χ0v) is 13.7. The van der Waals surface area contributed by atoms with Crippen molar-refractivity contribution in [3.05, 3.63) is 47.1 Å². The normalized spacial score (nSPS) is 12.3. The van der Waals surface area contributed by atoms with Crippen LogP contribution in [-0.2, 0) is 0 Å². The van der Waals surface area contributed by atoms with Crippen molar-refractivity contribution in [3.63, 3.8) is 0 Å². The van der Waals surface area contributed by atoms with Crippen LogP contribution in [0.2, 0.25) is 0 Å². The highest BCUT2D eigenvalue weighted by Crippen LogP contribution is 2.22. The molecule has 0 spiro atoms. The summed E-state index contributed by atoms with van der Waals surface area (Å²) in [6, 6.07) is 5.86. The van der Waals surface area contributed by atoms with Gasteiger partial charge in [-0.05, 0) is 26.0 Å². The van der Waals surface area contributed by atoms with E-state index in [2.05, 4.69) is 10.5 Å². The molecule has 0 fully saturated rings. The molecule has 2 rings (SSSR count). The van der Waals surface area contributed by atoms with Crippen molar-refractivity contribution in [2.24, 2.45) is 0 Å². The van der Waals surface area contributed by atoms with Crippen molar-refractivity contribution < 1.29 is 18.4 Å². The minimum atomic E-state index is -0.428. The molecular weight excluding hydrogens is 299 g/mol. The molecule has 23 heavy (non-hydrogen) atoms. The molecule has 0 aliphatic rings. The molecule has 1 aromatic carbocycles. The predicted octanol–water partition coefficient (Wildman–Crippen LogP) is 3.44. The van der Waals surface area contributed by atoms with E-state index in [0.29, 0.717) is 17.0 Å². The van der Waals surface area contributed by atoms with E-state index in [1.54, 1.807) is 32.0 Å². The minimum Gasteiger partial charge on any atom is -0.488 e. The van der Waals surface area contributed by atoms with Gasteiger partial charge in [0.25, 0.3) is 5.91 Å². The van der Waals surface area contributed by atoms with E-state index in [9.17, 15) is 9.18 Å². The second kappa shape index (κ2) is 7.26. The lowest BCUT2D eigenvalue weighted by atomic mass is 10.0. The number of hydrogen-bond donors (Lipinski definition) is 1. The Labute approximate surface area is 134 Å². The van der Waals surface area contributed by atoms with Crippen LogP contribution in [-0.4, -0.2) is 23.7 Å². The van der Waals surface area contributed by atoms with Gasteiger partial charge in [0.2, 0.25) is 0 Å². The lowest BCUT2D eigenvalue weighted by molar-refractivity contribution is 0.0923. The Bertz CT molecular complexity index is 682. The number of nitrogens with one attached hydrogen (secondary N) is 1. The molecule has 1 N–H and O–H groups in total. The highest BCUT2D eigenvalue weighted by molar-refractivity contribution is 5.96. The number of halogens is 1. The first kappa shape index (κ1) is 17.0. The van der Waals surface area contributed by atoms with Crippen molar-refractivity contribution in [3.8, 4) is 5.75 Å². The van der Waals surface area contributed by atoms with Crippen LogP contribution in [0.5, 0.6) is 5.75 Å². The zero-order valence-electron chi connectivity index (χ0n) is 13.7. The summed E-state index contributed by atoms with van der Waals surface area (Å²) in [6.07, 6.45) is 0. The van der Waals surface area contributed by atoms with Gasteiger partial charge in [-0.2, -0.15) is 0 Å². The molecule has 6 heteroatoms. The van der Waals surface area contributed by atoms with Crippen LogP contribution in [0.25, 0.3) is 0 Å². The van der Waals surface area contributed by atoms with Crippen molar-refractivity contribution in [1.29, 1.82) is 0 Å². The zero-order chi connectivity index (χ0) is 17.0. The van der Waals surface area contributed by atoms with Crippen LogP contribution in [0.1, 0.15) is 48.5 Å². The summed E-state index contributed by atoms with van der Waals surface area (Å²) in [5.74, 6) is 0.0850. The molecule has 1 amide bonds. The fourth-order valence-corrected chi connectivity index (χ4v) is 2.17. The summed E-state index contributed by atoms with van der Waals surface area (Å²) in [7, 11) is 0. The second-order valence-electron chi connectivity index (χ2n) is 5.78. The Kier molecular flexibility index (Phi) is 5.36. The highest BCUT2D eigenvalue weighted by atomic mass is 19.1. The Morgan fingerprint density at radius 2 is 2.04 bits per heavy atom. The smallest absolute Gasteiger partial charge is 0.257 e. The SMILES string of the molecule is Cc1noc(C(C)C)c1C(=O)NC(C)COc1ccccc1F. The molecule has 1 unspecified atom stereocenters. The third-order valence-corrected chi connectivity index (χ3v) is 3.34. The maximum Gasteiger partial charge on any atom is 0.257 e. The average Bonchev–Trinajstić information content (AvgIpc) is 2.88. The number of nitrogens with zero attached hydrogens (tertiary/aromatic N) is 1. The number of carbonyl (C=O) groups excluding carboxylic acids is 1. The van der Waals surface area contributed by atoms with E-state index in [1.165, 1.54) is 6.07 Å². The fourth-order valence-electron chi connectivity index (χ4n) is 2.17. The summed E-state index contributed by atoms with van der Waals surface area (Å²) < 4.78 is 24.1. The first-order chi connectivity index (χ1) is 10.9. The van der Waals surface area contributed by atoms with Crippen molar-refractivity contribution in [2.75, 3.05) is 6.61 Å². The third-order valence-electron chi connectivity index (χ3n) is 3.34. The molecule has 1 aromatic heterocycles. The topological polar surface area (TPSA) is 64.4 Å². The number of carbonyl (C=O) groups is 1. The van der Waals surface area contributed by atoms with E-state index >= 15 is 0 Å². The third kappa shape index (κ3) is 4.09. The summed E-state index contributed by atoms with van der Waals surface area (Å²) in [5.41, 5.74) is 1.01. The molecule has 0 bridgehead atoms. The van der Waals surface area contributed by atoms with Crippen molar-refractivity contribution >= 4 is 5.91 Å². The molecule has 0 aliphatic carbocycles. The van der Waals surface area contributed by atoms with Crippen LogP contribution < -0.4 is 10.1 Å². The molecule has 0 saturated heterocycles. The molecule has 1 heterocycles. The van der Waals surface area contributed by atoms with Crippen molar-refractivity contribution in [2.45, 2.75) is 39.7 Å². The first-order valence-corrected chi connectivity index (χ1v) is 7.54. The quantitative estimate of drug-likeness (QED) is 0.885. The number of rotatable bonds is 6. The highest BCUT2D eigenvalue weighted by Gasteiger charge is 2.23. The summed E-state index contributed by atoms with van der Waals surface area (Å²) in [6.45, 7) is 7.54. The summed E-state index contributed by atoms with van der Waals surface area (Å²) >= 11 is 0. The Hall–Kier alpha value is -2.37. The van der Waals surface area contributed by atoms with Gasteiger partial charge in [-0.1, -0.05) is 31.1 Å². The van der Waals surface area contributed by atoms with E-state index in [0.717, 1.165) is 0 Å². The van der Waals surface area contributed by atoms with Gasteiger partial charge in [0.1, 0.15) is 12.2 Å². The van der Waals surface area contributed by atoms with Crippen LogP contribution >= 0.6 is 0 Å². The van der Waals surface area contributed by atoms with Gasteiger partial charge in [-0.15, -0.1) is 0 Å². The molecular formula is C17H21FN2O3. The molecule has 0 radical (unpaired) electrons. The number of para-hydroxylation sites is 1. The first-order valence-electron chi connectivity index (χ1n) is 7.54. The Morgan fingerprint density at radius 3 is 2.70 bits per heavy atom. The van der Waals surface area contributed by atoms with Gasteiger partial charge < -0.3 is 14.6 Å². The lowest BCUT2D eigenvalue weighted by Crippen LogP contribution is -2.37. The molecule has 0 aliphatic heterocycles. The minimum absolute atomic E-state index is 0.0573. The second-order valence-corrected chi connectivity index (χ2v) is 5.78. The van der Waals surface area contributed by atoms with Crippen LogP contribution in [0.3, 0.4) is 0 Å². The molecule has 1 atom stereocenters. The molecule has 0 saturated carbocycles. The van der Waals surface area contributed by atoms with Gasteiger partial charge in [0.15, 0.2) is 17.3 Å². The number of benzene rings is 1. The van der Waals surface area contributed by atoms with Crippen LogP contribution in [0, 0.1) is 12.7 Å². The van der Waals surface area contributed by atoms with Crippen LogP contribution in [0.4, 0.5) is 4.39 Å². The summed E-state index contributed by atoms with van der Waals surface area (Å²) in [4.78, 5) is 12.4. The number of ether oxygens (including phenoxy) is 1.